The summed E-state index contributed by atoms with van der Waals surface area (Å²) in [6.45, 7) is 0.438. The van der Waals surface area contributed by atoms with Gasteiger partial charge >= 0.3 is 0 Å². The van der Waals surface area contributed by atoms with Crippen LogP contribution in [0.15, 0.2) is 18.2 Å². The summed E-state index contributed by atoms with van der Waals surface area (Å²) >= 11 is 0. The minimum Gasteiger partial charge on any atom is -0.396 e. The number of hydrogen-bond donors (Lipinski definition) is 1. The van der Waals surface area contributed by atoms with Gasteiger partial charge in [-0.1, -0.05) is 12.1 Å². The predicted octanol–water partition coefficient (Wildman–Crippen LogP) is 1.90. The quantitative estimate of drug-likeness (QED) is 0.783. The van der Waals surface area contributed by atoms with Crippen LogP contribution in [0.1, 0.15) is 17.5 Å². The van der Waals surface area contributed by atoms with Crippen molar-refractivity contribution >= 4 is 0 Å². The van der Waals surface area contributed by atoms with Crippen LogP contribution < -0.4 is 0 Å². The number of methoxy groups -OCH3 is 1. The highest BCUT2D eigenvalue weighted by Gasteiger charge is 2.02. The Bertz CT molecular complexity index is 287. The molecule has 0 amide bonds. The smallest absolute Gasteiger partial charge is 0.128 e. The minimum absolute atomic E-state index is 0.140. The summed E-state index contributed by atoms with van der Waals surface area (Å²) in [6, 6.07) is 5.10. The number of aliphatic hydroxyl groups excluding tert-OH is 1. The van der Waals surface area contributed by atoms with Crippen LogP contribution in [0.2, 0.25) is 0 Å². The van der Waals surface area contributed by atoms with Gasteiger partial charge < -0.3 is 9.84 Å². The third-order valence-corrected chi connectivity index (χ3v) is 2.04. The number of aryl methyl sites for hydroxylation is 1. The largest absolute Gasteiger partial charge is 0.396 e. The second-order valence-electron chi connectivity index (χ2n) is 3.19. The first-order chi connectivity index (χ1) is 6.77. The molecule has 0 radical (unpaired) electrons. The zero-order valence-electron chi connectivity index (χ0n) is 8.29. The Morgan fingerprint density at radius 3 is 2.79 bits per heavy atom. The summed E-state index contributed by atoms with van der Waals surface area (Å²) in [7, 11) is 1.54. The second kappa shape index (κ2) is 5.73. The Morgan fingerprint density at radius 2 is 2.21 bits per heavy atom. The zero-order chi connectivity index (χ0) is 10.4. The molecular formula is C11H15FO2. The molecule has 0 aliphatic rings. The lowest BCUT2D eigenvalue weighted by atomic mass is 10.1. The maximum absolute atomic E-state index is 13.3. The SMILES string of the molecule is COCc1ccc(CCCO)cc1F. The van der Waals surface area contributed by atoms with E-state index in [0.717, 1.165) is 5.56 Å². The number of aliphatic hydroxyl groups is 1. The standard InChI is InChI=1S/C11H15FO2/c1-14-8-10-5-4-9(3-2-6-13)7-11(10)12/h4-5,7,13H,2-3,6,8H2,1H3. The number of benzene rings is 1. The van der Waals surface area contributed by atoms with Gasteiger partial charge in [0, 0.05) is 19.3 Å². The molecule has 1 rings (SSSR count). The van der Waals surface area contributed by atoms with Crippen LogP contribution in [-0.4, -0.2) is 18.8 Å². The molecule has 1 aromatic carbocycles. The molecule has 14 heavy (non-hydrogen) atoms. The van der Waals surface area contributed by atoms with Crippen molar-refractivity contribution in [3.63, 3.8) is 0 Å². The van der Waals surface area contributed by atoms with Crippen LogP contribution in [0.5, 0.6) is 0 Å². The van der Waals surface area contributed by atoms with E-state index in [9.17, 15) is 4.39 Å². The zero-order valence-corrected chi connectivity index (χ0v) is 8.29. The van der Waals surface area contributed by atoms with Crippen LogP contribution >= 0.6 is 0 Å². The fourth-order valence-electron chi connectivity index (χ4n) is 1.30. The van der Waals surface area contributed by atoms with Gasteiger partial charge in [-0.15, -0.1) is 0 Å². The summed E-state index contributed by atoms with van der Waals surface area (Å²) in [4.78, 5) is 0. The molecule has 78 valence electrons. The van der Waals surface area contributed by atoms with E-state index in [-0.39, 0.29) is 12.4 Å². The number of rotatable bonds is 5. The third kappa shape index (κ3) is 3.09. The minimum atomic E-state index is -0.234. The van der Waals surface area contributed by atoms with Crippen molar-refractivity contribution in [3.05, 3.63) is 35.1 Å². The van der Waals surface area contributed by atoms with E-state index >= 15 is 0 Å². The van der Waals surface area contributed by atoms with Crippen molar-refractivity contribution in [1.29, 1.82) is 0 Å². The molecule has 2 nitrogen and oxygen atoms in total. The molecule has 0 aliphatic carbocycles. The summed E-state index contributed by atoms with van der Waals surface area (Å²) in [5.74, 6) is -0.234. The predicted molar refractivity (Wildman–Crippen MR) is 52.5 cm³/mol. The normalized spacial score (nSPS) is 10.5. The summed E-state index contributed by atoms with van der Waals surface area (Å²) < 4.78 is 18.2. The molecule has 0 spiro atoms. The highest BCUT2D eigenvalue weighted by molar-refractivity contribution is 5.24. The van der Waals surface area contributed by atoms with Crippen molar-refractivity contribution in [2.45, 2.75) is 19.4 Å². The summed E-state index contributed by atoms with van der Waals surface area (Å²) in [5.41, 5.74) is 1.48. The first-order valence-corrected chi connectivity index (χ1v) is 4.65. The van der Waals surface area contributed by atoms with Gasteiger partial charge in [0.15, 0.2) is 0 Å². The van der Waals surface area contributed by atoms with E-state index in [1.807, 2.05) is 6.07 Å². The van der Waals surface area contributed by atoms with Gasteiger partial charge in [-0.05, 0) is 24.5 Å². The van der Waals surface area contributed by atoms with Crippen molar-refractivity contribution < 1.29 is 14.2 Å². The van der Waals surface area contributed by atoms with Crippen molar-refractivity contribution in [2.75, 3.05) is 13.7 Å². The maximum Gasteiger partial charge on any atom is 0.128 e. The third-order valence-electron chi connectivity index (χ3n) is 2.04. The van der Waals surface area contributed by atoms with E-state index in [4.69, 9.17) is 9.84 Å². The molecule has 0 aromatic heterocycles. The lowest BCUT2D eigenvalue weighted by Crippen LogP contribution is -1.96. The molecule has 0 fully saturated rings. The molecule has 1 N–H and O–H groups in total. The number of hydrogen-bond acceptors (Lipinski definition) is 2. The molecule has 0 aliphatic heterocycles. The van der Waals surface area contributed by atoms with Crippen LogP contribution in [-0.2, 0) is 17.8 Å². The Balaban J connectivity index is 2.68. The second-order valence-corrected chi connectivity index (χ2v) is 3.19. The lowest BCUT2D eigenvalue weighted by molar-refractivity contribution is 0.181. The molecule has 0 saturated heterocycles. The molecule has 0 heterocycles. The van der Waals surface area contributed by atoms with Gasteiger partial charge in [-0.2, -0.15) is 0 Å². The molecule has 0 bridgehead atoms. The molecule has 0 unspecified atom stereocenters. The Kier molecular flexibility index (Phi) is 4.56. The summed E-state index contributed by atoms with van der Waals surface area (Å²) in [5, 5.41) is 8.62. The van der Waals surface area contributed by atoms with Crippen molar-refractivity contribution in [2.24, 2.45) is 0 Å². The van der Waals surface area contributed by atoms with Gasteiger partial charge in [0.25, 0.3) is 0 Å². The Hall–Kier alpha value is -0.930. The molecule has 1 aromatic rings. The van der Waals surface area contributed by atoms with Crippen LogP contribution in [0, 0.1) is 5.82 Å². The topological polar surface area (TPSA) is 29.5 Å². The molecular weight excluding hydrogens is 183 g/mol. The van der Waals surface area contributed by atoms with Crippen LogP contribution in [0.4, 0.5) is 4.39 Å². The molecule has 3 heteroatoms. The van der Waals surface area contributed by atoms with Gasteiger partial charge in [0.2, 0.25) is 0 Å². The first kappa shape index (κ1) is 11.1. The first-order valence-electron chi connectivity index (χ1n) is 4.65. The highest BCUT2D eigenvalue weighted by Crippen LogP contribution is 2.12. The monoisotopic (exact) mass is 198 g/mol. The average molecular weight is 198 g/mol. The maximum atomic E-state index is 13.3. The number of halogens is 1. The lowest BCUT2D eigenvalue weighted by Gasteiger charge is -2.04. The fraction of sp³-hybridized carbons (Fsp3) is 0.455. The van der Waals surface area contributed by atoms with Gasteiger partial charge in [-0.25, -0.2) is 4.39 Å². The average Bonchev–Trinajstić information content (AvgIpc) is 2.19. The highest BCUT2D eigenvalue weighted by atomic mass is 19.1. The fourth-order valence-corrected chi connectivity index (χ4v) is 1.30. The van der Waals surface area contributed by atoms with Crippen molar-refractivity contribution in [1.82, 2.24) is 0 Å². The number of ether oxygens (including phenoxy) is 1. The van der Waals surface area contributed by atoms with E-state index in [1.165, 1.54) is 6.07 Å². The van der Waals surface area contributed by atoms with Crippen molar-refractivity contribution in [3.8, 4) is 0 Å². The Labute approximate surface area is 83.3 Å². The van der Waals surface area contributed by atoms with E-state index in [2.05, 4.69) is 0 Å². The van der Waals surface area contributed by atoms with Gasteiger partial charge in [0.05, 0.1) is 6.61 Å². The van der Waals surface area contributed by atoms with Crippen LogP contribution in [0.3, 0.4) is 0 Å². The Morgan fingerprint density at radius 1 is 1.43 bits per heavy atom. The molecule has 0 saturated carbocycles. The van der Waals surface area contributed by atoms with E-state index in [0.29, 0.717) is 25.0 Å². The van der Waals surface area contributed by atoms with Gasteiger partial charge in [0.1, 0.15) is 5.82 Å². The van der Waals surface area contributed by atoms with E-state index < -0.39 is 0 Å². The van der Waals surface area contributed by atoms with E-state index in [1.54, 1.807) is 13.2 Å². The molecule has 0 atom stereocenters. The summed E-state index contributed by atoms with van der Waals surface area (Å²) in [6.07, 6.45) is 1.38. The van der Waals surface area contributed by atoms with Gasteiger partial charge in [-0.3, -0.25) is 0 Å². The van der Waals surface area contributed by atoms with Crippen LogP contribution in [0.25, 0.3) is 0 Å².